The van der Waals surface area contributed by atoms with Crippen LogP contribution in [-0.2, 0) is 22.4 Å². The Bertz CT molecular complexity index is 1450. The number of nitrogens with zero attached hydrogens (tertiary/aromatic N) is 3. The number of rotatable bonds is 7. The number of amides is 1. The van der Waals surface area contributed by atoms with E-state index in [1.165, 1.54) is 10.6 Å². The third-order valence-electron chi connectivity index (χ3n) is 7.34. The van der Waals surface area contributed by atoms with Crippen molar-refractivity contribution in [2.75, 3.05) is 26.4 Å². The standard InChI is InChI=1S/C27H31FN4O5.C4H10O.2C2H6/c1-15-18-4-3-9-37-26(18)21(28)12-19(15)25-20(13-24(33)34)16(2)30-23-14-22(31-32(23)25)27(35)29-8-5-17-6-10-36-11-7-17;1-4(2,3)5;2*1-2/h12,14,17H,3-11,13H2,1-2H3,(H,29,35)(H,33,34);5H,1-3H3;2*1-2H3. The van der Waals surface area contributed by atoms with Crippen molar-refractivity contribution in [1.82, 2.24) is 19.9 Å². The van der Waals surface area contributed by atoms with Gasteiger partial charge < -0.3 is 25.0 Å². The number of carboxylic acid groups (broad SMARTS) is 1. The molecule has 0 saturated carbocycles. The quantitative estimate of drug-likeness (QED) is 0.266. The maximum Gasteiger partial charge on any atom is 0.307 e. The number of aliphatic carboxylic acids is 1. The first-order chi connectivity index (χ1) is 21.8. The van der Waals surface area contributed by atoms with E-state index in [0.29, 0.717) is 53.7 Å². The molecule has 0 atom stereocenters. The number of nitrogens with one attached hydrogen (secondary N) is 1. The summed E-state index contributed by atoms with van der Waals surface area (Å²) in [6, 6.07) is 2.95. The summed E-state index contributed by atoms with van der Waals surface area (Å²) in [7, 11) is 0. The molecule has 0 spiro atoms. The van der Waals surface area contributed by atoms with E-state index in [1.807, 2.05) is 34.6 Å². The van der Waals surface area contributed by atoms with Gasteiger partial charge in [0.05, 0.1) is 24.3 Å². The number of halogens is 1. The van der Waals surface area contributed by atoms with Crippen molar-refractivity contribution in [3.63, 3.8) is 0 Å². The summed E-state index contributed by atoms with van der Waals surface area (Å²) < 4.78 is 27.6. The molecule has 11 heteroatoms. The van der Waals surface area contributed by atoms with Crippen molar-refractivity contribution >= 4 is 17.5 Å². The lowest BCUT2D eigenvalue weighted by Crippen LogP contribution is -2.27. The van der Waals surface area contributed by atoms with Gasteiger partial charge in [-0.15, -0.1) is 0 Å². The fraction of sp³-hybridized carbons (Fsp3) is 0.600. The van der Waals surface area contributed by atoms with Crippen LogP contribution in [0.5, 0.6) is 5.75 Å². The molecule has 256 valence electrons. The van der Waals surface area contributed by atoms with Crippen molar-refractivity contribution in [2.24, 2.45) is 5.92 Å². The Morgan fingerprint density at radius 1 is 1.09 bits per heavy atom. The molecule has 1 amide bonds. The van der Waals surface area contributed by atoms with Gasteiger partial charge in [-0.2, -0.15) is 5.10 Å². The first-order valence-corrected chi connectivity index (χ1v) is 16.5. The lowest BCUT2D eigenvalue weighted by Gasteiger charge is -2.23. The summed E-state index contributed by atoms with van der Waals surface area (Å²) in [4.78, 5) is 29.3. The summed E-state index contributed by atoms with van der Waals surface area (Å²) in [5, 5.41) is 25.6. The summed E-state index contributed by atoms with van der Waals surface area (Å²) in [6.45, 7) is 19.3. The number of aromatic nitrogens is 3. The number of hydrogen-bond donors (Lipinski definition) is 3. The van der Waals surface area contributed by atoms with E-state index < -0.39 is 17.4 Å². The van der Waals surface area contributed by atoms with Gasteiger partial charge in [0.2, 0.25) is 0 Å². The second-order valence-corrected chi connectivity index (χ2v) is 12.0. The maximum atomic E-state index is 15.2. The van der Waals surface area contributed by atoms with Gasteiger partial charge in [-0.05, 0) is 84.3 Å². The first kappa shape index (κ1) is 38.6. The van der Waals surface area contributed by atoms with Gasteiger partial charge in [-0.3, -0.25) is 9.59 Å². The number of aliphatic hydroxyl groups is 1. The van der Waals surface area contributed by atoms with Gasteiger partial charge in [0.25, 0.3) is 5.91 Å². The minimum atomic E-state index is -1.04. The van der Waals surface area contributed by atoms with E-state index in [9.17, 15) is 14.7 Å². The van der Waals surface area contributed by atoms with Crippen LogP contribution in [0.3, 0.4) is 0 Å². The molecule has 10 nitrogen and oxygen atoms in total. The molecule has 0 radical (unpaired) electrons. The number of aryl methyl sites for hydroxylation is 1. The van der Waals surface area contributed by atoms with Gasteiger partial charge in [-0.25, -0.2) is 13.9 Å². The van der Waals surface area contributed by atoms with Crippen LogP contribution in [0.4, 0.5) is 4.39 Å². The minimum absolute atomic E-state index is 0.173. The average molecular weight is 645 g/mol. The lowest BCUT2D eigenvalue weighted by molar-refractivity contribution is -0.136. The molecule has 2 aliphatic heterocycles. The molecule has 2 aliphatic rings. The molecular formula is C35H53FN4O6. The van der Waals surface area contributed by atoms with Crippen LogP contribution in [0.15, 0.2) is 12.1 Å². The number of carbonyl (C=O) groups is 2. The predicted molar refractivity (Wildman–Crippen MR) is 178 cm³/mol. The fourth-order valence-corrected chi connectivity index (χ4v) is 5.32. The number of carbonyl (C=O) groups excluding carboxylic acids is 1. The molecule has 3 aromatic rings. The Hall–Kier alpha value is -3.57. The number of fused-ring (bicyclic) bond motifs is 2. The van der Waals surface area contributed by atoms with Crippen LogP contribution in [0.25, 0.3) is 16.9 Å². The number of benzene rings is 1. The lowest BCUT2D eigenvalue weighted by atomic mass is 9.91. The highest BCUT2D eigenvalue weighted by Gasteiger charge is 2.26. The van der Waals surface area contributed by atoms with Crippen LogP contribution in [-0.4, -0.2) is 68.7 Å². The Labute approximate surface area is 272 Å². The largest absolute Gasteiger partial charge is 0.490 e. The molecule has 4 heterocycles. The van der Waals surface area contributed by atoms with Gasteiger partial charge in [0, 0.05) is 48.2 Å². The molecule has 1 aromatic carbocycles. The Balaban J connectivity index is 0.000000736. The molecule has 46 heavy (non-hydrogen) atoms. The van der Waals surface area contributed by atoms with E-state index >= 15 is 4.39 Å². The second kappa shape index (κ2) is 17.9. The van der Waals surface area contributed by atoms with Crippen LogP contribution in [0.1, 0.15) is 107 Å². The number of hydrogen-bond acceptors (Lipinski definition) is 7. The normalized spacial score (nSPS) is 14.3. The second-order valence-electron chi connectivity index (χ2n) is 12.0. The van der Waals surface area contributed by atoms with E-state index in [2.05, 4.69) is 15.4 Å². The Morgan fingerprint density at radius 2 is 1.72 bits per heavy atom. The fourth-order valence-electron chi connectivity index (χ4n) is 5.32. The van der Waals surface area contributed by atoms with Crippen molar-refractivity contribution in [1.29, 1.82) is 0 Å². The third-order valence-corrected chi connectivity index (χ3v) is 7.34. The van der Waals surface area contributed by atoms with Crippen LogP contribution >= 0.6 is 0 Å². The van der Waals surface area contributed by atoms with Crippen LogP contribution in [0, 0.1) is 25.6 Å². The van der Waals surface area contributed by atoms with Gasteiger partial charge >= 0.3 is 5.97 Å². The van der Waals surface area contributed by atoms with Gasteiger partial charge in [0.15, 0.2) is 22.9 Å². The number of carboxylic acids is 1. The molecule has 3 N–H and O–H groups in total. The molecule has 0 aliphatic carbocycles. The topological polar surface area (TPSA) is 135 Å². The van der Waals surface area contributed by atoms with Crippen molar-refractivity contribution < 1.29 is 33.7 Å². The van der Waals surface area contributed by atoms with Crippen LogP contribution in [0.2, 0.25) is 0 Å². The molecule has 0 unspecified atom stereocenters. The molecule has 2 aromatic heterocycles. The highest BCUT2D eigenvalue weighted by atomic mass is 19.1. The smallest absolute Gasteiger partial charge is 0.307 e. The average Bonchev–Trinajstić information content (AvgIpc) is 3.45. The zero-order chi connectivity index (χ0) is 34.6. The van der Waals surface area contributed by atoms with Crippen molar-refractivity contribution in [3.8, 4) is 17.0 Å². The van der Waals surface area contributed by atoms with E-state index in [1.54, 1.807) is 33.8 Å². The van der Waals surface area contributed by atoms with Gasteiger partial charge in [0.1, 0.15) is 0 Å². The summed E-state index contributed by atoms with van der Waals surface area (Å²) in [6.07, 6.45) is 3.96. The van der Waals surface area contributed by atoms with Crippen molar-refractivity contribution in [2.45, 2.75) is 106 Å². The zero-order valence-electron chi connectivity index (χ0n) is 29.1. The minimum Gasteiger partial charge on any atom is -0.490 e. The van der Waals surface area contributed by atoms with Gasteiger partial charge in [-0.1, -0.05) is 27.7 Å². The van der Waals surface area contributed by atoms with Crippen molar-refractivity contribution in [3.05, 3.63) is 46.0 Å². The summed E-state index contributed by atoms with van der Waals surface area (Å²) in [5.41, 5.74) is 3.49. The monoisotopic (exact) mass is 644 g/mol. The van der Waals surface area contributed by atoms with E-state index in [-0.39, 0.29) is 23.8 Å². The molecule has 0 bridgehead atoms. The number of ether oxygens (including phenoxy) is 2. The maximum absolute atomic E-state index is 15.2. The zero-order valence-corrected chi connectivity index (χ0v) is 29.1. The predicted octanol–water partition coefficient (Wildman–Crippen LogP) is 6.48. The Kier molecular flexibility index (Phi) is 15.1. The molecule has 5 rings (SSSR count). The summed E-state index contributed by atoms with van der Waals surface area (Å²) in [5.74, 6) is -1.10. The Morgan fingerprint density at radius 3 is 2.33 bits per heavy atom. The summed E-state index contributed by atoms with van der Waals surface area (Å²) >= 11 is 0. The third kappa shape index (κ3) is 10.5. The SMILES string of the molecule is CC.CC.CC(C)(C)O.Cc1nc2cc(C(=O)NCCC3CCOCC3)nn2c(-c2cc(F)c3c(c2C)CCCO3)c1CC(=O)O. The van der Waals surface area contributed by atoms with E-state index in [4.69, 9.17) is 14.6 Å². The highest BCUT2D eigenvalue weighted by Crippen LogP contribution is 2.39. The highest BCUT2D eigenvalue weighted by molar-refractivity contribution is 5.93. The first-order valence-electron chi connectivity index (χ1n) is 16.5. The molecule has 1 fully saturated rings. The van der Waals surface area contributed by atoms with E-state index in [0.717, 1.165) is 50.0 Å². The molecular weight excluding hydrogens is 591 g/mol. The van der Waals surface area contributed by atoms with Crippen LogP contribution < -0.4 is 10.1 Å². The molecule has 1 saturated heterocycles.